The predicted octanol–water partition coefficient (Wildman–Crippen LogP) is 9.05. The summed E-state index contributed by atoms with van der Waals surface area (Å²) in [5.74, 6) is -12.0. The first-order valence-electron chi connectivity index (χ1n) is 12.0. The van der Waals surface area contributed by atoms with Crippen molar-refractivity contribution in [3.05, 3.63) is 126 Å². The molecule has 0 N–H and O–H groups in total. The smallest absolute Gasteiger partial charge is 0.248 e. The van der Waals surface area contributed by atoms with Gasteiger partial charge < -0.3 is 0 Å². The Morgan fingerprint density at radius 2 is 1.21 bits per heavy atom. The number of aromatic nitrogens is 1. The summed E-state index contributed by atoms with van der Waals surface area (Å²) in [5.41, 5.74) is -2.62. The summed E-state index contributed by atoms with van der Waals surface area (Å²) in [7, 11) is 0. The lowest BCUT2D eigenvalue weighted by atomic mass is 9.65. The monoisotopic (exact) mass is 537 g/mol. The summed E-state index contributed by atoms with van der Waals surface area (Å²) < 4.78 is 104. The van der Waals surface area contributed by atoms with Crippen molar-refractivity contribution in [2.45, 2.75) is 23.4 Å². The zero-order valence-electron chi connectivity index (χ0n) is 20.0. The SMILES string of the molecule is FC(F)(F)C(F)(F)C(F)(F)C1(c2ccccc2)c2ccccc2-c2ccc(-c3ccc4ccccc4n3)cc21. The summed E-state index contributed by atoms with van der Waals surface area (Å²) in [6, 6.07) is 27.0. The summed E-state index contributed by atoms with van der Waals surface area (Å²) in [4.78, 5) is 4.58. The number of hydrogen-bond acceptors (Lipinski definition) is 1. The standard InChI is InChI=1S/C31H18F7N/c32-29(33,30(34,35)31(36,37)38)28(21-9-2-1-3-10-21)24-12-6-5-11-22(24)23-16-14-20(18-25(23)28)27-17-15-19-8-4-7-13-26(19)39-27/h1-18H. The van der Waals surface area contributed by atoms with Crippen molar-refractivity contribution in [2.24, 2.45) is 0 Å². The van der Waals surface area contributed by atoms with Crippen molar-refractivity contribution in [2.75, 3.05) is 0 Å². The Morgan fingerprint density at radius 3 is 1.95 bits per heavy atom. The number of benzene rings is 4. The van der Waals surface area contributed by atoms with E-state index in [-0.39, 0.29) is 27.8 Å². The molecule has 4 aromatic carbocycles. The lowest BCUT2D eigenvalue weighted by Crippen LogP contribution is -2.62. The molecule has 0 saturated heterocycles. The molecule has 1 atom stereocenters. The van der Waals surface area contributed by atoms with E-state index in [1.165, 1.54) is 54.6 Å². The number of pyridine rings is 1. The second-order valence-electron chi connectivity index (χ2n) is 9.46. The summed E-state index contributed by atoms with van der Waals surface area (Å²) in [6.45, 7) is 0. The molecular weight excluding hydrogens is 519 g/mol. The minimum Gasteiger partial charge on any atom is -0.248 e. The molecule has 39 heavy (non-hydrogen) atoms. The van der Waals surface area contributed by atoms with Crippen LogP contribution in [0.4, 0.5) is 30.7 Å². The zero-order valence-corrected chi connectivity index (χ0v) is 20.0. The van der Waals surface area contributed by atoms with E-state index < -0.39 is 23.4 Å². The van der Waals surface area contributed by atoms with Gasteiger partial charge in [-0.15, -0.1) is 0 Å². The fourth-order valence-electron chi connectivity index (χ4n) is 5.60. The fraction of sp³-hybridized carbons (Fsp3) is 0.129. The normalized spacial score (nSPS) is 17.2. The van der Waals surface area contributed by atoms with Crippen LogP contribution in [0.25, 0.3) is 33.3 Å². The maximum atomic E-state index is 16.4. The molecular formula is C31H18F7N. The van der Waals surface area contributed by atoms with Crippen LogP contribution in [0, 0.1) is 0 Å². The van der Waals surface area contributed by atoms with Gasteiger partial charge in [-0.2, -0.15) is 30.7 Å². The van der Waals surface area contributed by atoms with E-state index in [1.54, 1.807) is 30.3 Å². The predicted molar refractivity (Wildman–Crippen MR) is 135 cm³/mol. The Balaban J connectivity index is 1.71. The minimum absolute atomic E-state index is 0.150. The first-order chi connectivity index (χ1) is 18.5. The lowest BCUT2D eigenvalue weighted by Gasteiger charge is -2.43. The second kappa shape index (κ2) is 8.40. The maximum absolute atomic E-state index is 16.4. The highest BCUT2D eigenvalue weighted by molar-refractivity contribution is 5.87. The number of alkyl halides is 7. The van der Waals surface area contributed by atoms with Crippen LogP contribution in [-0.4, -0.2) is 23.0 Å². The van der Waals surface area contributed by atoms with Crippen molar-refractivity contribution >= 4 is 10.9 Å². The lowest BCUT2D eigenvalue weighted by molar-refractivity contribution is -0.363. The van der Waals surface area contributed by atoms with Crippen LogP contribution < -0.4 is 0 Å². The molecule has 0 fully saturated rings. The van der Waals surface area contributed by atoms with Crippen molar-refractivity contribution in [1.29, 1.82) is 0 Å². The van der Waals surface area contributed by atoms with E-state index >= 15 is 8.78 Å². The average Bonchev–Trinajstić information content (AvgIpc) is 3.23. The molecule has 1 nitrogen and oxygen atoms in total. The topological polar surface area (TPSA) is 12.9 Å². The third kappa shape index (κ3) is 3.36. The van der Waals surface area contributed by atoms with Crippen LogP contribution in [0.1, 0.15) is 16.7 Å². The number of para-hydroxylation sites is 1. The molecule has 196 valence electrons. The van der Waals surface area contributed by atoms with Gasteiger partial charge in [0.1, 0.15) is 5.41 Å². The summed E-state index contributed by atoms with van der Waals surface area (Å²) in [5, 5.41) is 0.824. The molecule has 8 heteroatoms. The molecule has 0 radical (unpaired) electrons. The van der Waals surface area contributed by atoms with Crippen LogP contribution in [0.3, 0.4) is 0 Å². The Bertz CT molecular complexity index is 1710. The largest absolute Gasteiger partial charge is 0.459 e. The summed E-state index contributed by atoms with van der Waals surface area (Å²) in [6.07, 6.45) is -6.51. The van der Waals surface area contributed by atoms with Gasteiger partial charge in [0.15, 0.2) is 0 Å². The summed E-state index contributed by atoms with van der Waals surface area (Å²) >= 11 is 0. The van der Waals surface area contributed by atoms with Crippen LogP contribution in [0.2, 0.25) is 0 Å². The Morgan fingerprint density at radius 1 is 0.564 bits per heavy atom. The molecule has 0 amide bonds. The van der Waals surface area contributed by atoms with Crippen molar-refractivity contribution in [3.63, 3.8) is 0 Å². The number of fused-ring (bicyclic) bond motifs is 4. The third-order valence-corrected chi connectivity index (χ3v) is 7.37. The second-order valence-corrected chi connectivity index (χ2v) is 9.46. The van der Waals surface area contributed by atoms with E-state index in [0.717, 1.165) is 17.5 Å². The third-order valence-electron chi connectivity index (χ3n) is 7.37. The van der Waals surface area contributed by atoms with Crippen LogP contribution >= 0.6 is 0 Å². The molecule has 0 aliphatic heterocycles. The van der Waals surface area contributed by atoms with Crippen molar-refractivity contribution in [3.8, 4) is 22.4 Å². The van der Waals surface area contributed by atoms with Gasteiger partial charge in [-0.05, 0) is 46.0 Å². The van der Waals surface area contributed by atoms with Gasteiger partial charge in [-0.3, -0.25) is 0 Å². The number of rotatable bonds is 4. The highest BCUT2D eigenvalue weighted by Gasteiger charge is 2.81. The molecule has 1 unspecified atom stereocenters. The minimum atomic E-state index is -6.51. The number of nitrogens with zero attached hydrogens (tertiary/aromatic N) is 1. The molecule has 0 bridgehead atoms. The van der Waals surface area contributed by atoms with Crippen LogP contribution in [0.15, 0.2) is 109 Å². The first-order valence-corrected chi connectivity index (χ1v) is 12.0. The quantitative estimate of drug-likeness (QED) is 0.209. The Kier molecular flexibility index (Phi) is 5.40. The van der Waals surface area contributed by atoms with Gasteiger partial charge in [0.2, 0.25) is 0 Å². The van der Waals surface area contributed by atoms with Crippen LogP contribution in [-0.2, 0) is 5.41 Å². The van der Waals surface area contributed by atoms with E-state index in [4.69, 9.17) is 0 Å². The molecule has 1 aliphatic carbocycles. The fourth-order valence-corrected chi connectivity index (χ4v) is 5.60. The van der Waals surface area contributed by atoms with E-state index in [9.17, 15) is 22.0 Å². The van der Waals surface area contributed by atoms with Gasteiger partial charge >= 0.3 is 18.0 Å². The zero-order chi connectivity index (χ0) is 27.6. The molecule has 6 rings (SSSR count). The van der Waals surface area contributed by atoms with E-state index in [2.05, 4.69) is 4.98 Å². The number of hydrogen-bond donors (Lipinski definition) is 0. The average molecular weight is 537 g/mol. The molecule has 1 aromatic heterocycles. The van der Waals surface area contributed by atoms with E-state index in [0.29, 0.717) is 16.8 Å². The van der Waals surface area contributed by atoms with Gasteiger partial charge in [0, 0.05) is 10.9 Å². The molecule has 5 aromatic rings. The maximum Gasteiger partial charge on any atom is 0.459 e. The van der Waals surface area contributed by atoms with Crippen LogP contribution in [0.5, 0.6) is 0 Å². The first kappa shape index (κ1) is 25.1. The van der Waals surface area contributed by atoms with Gasteiger partial charge in [-0.1, -0.05) is 91.0 Å². The molecule has 0 spiro atoms. The molecule has 1 heterocycles. The molecule has 1 aliphatic rings. The highest BCUT2D eigenvalue weighted by Crippen LogP contribution is 2.65. The highest BCUT2D eigenvalue weighted by atomic mass is 19.4. The molecule has 0 saturated carbocycles. The van der Waals surface area contributed by atoms with Gasteiger partial charge in [0.25, 0.3) is 0 Å². The van der Waals surface area contributed by atoms with E-state index in [1.807, 2.05) is 12.1 Å². The van der Waals surface area contributed by atoms with Crippen molar-refractivity contribution in [1.82, 2.24) is 4.98 Å². The Hall–Kier alpha value is -4.20. The Labute approximate surface area is 218 Å². The van der Waals surface area contributed by atoms with Gasteiger partial charge in [-0.25, -0.2) is 4.98 Å². The van der Waals surface area contributed by atoms with Gasteiger partial charge in [0.05, 0.1) is 11.2 Å². The number of halogens is 7. The van der Waals surface area contributed by atoms with Crippen molar-refractivity contribution < 1.29 is 30.7 Å².